The van der Waals surface area contributed by atoms with Gasteiger partial charge in [0.25, 0.3) is 0 Å². The molecule has 1 aliphatic heterocycles. The minimum atomic E-state index is 0.230. The molecular formula is C13H21N3O2. The van der Waals surface area contributed by atoms with Crippen LogP contribution in [0.25, 0.3) is 0 Å². The second-order valence-electron chi connectivity index (χ2n) is 4.63. The Morgan fingerprint density at radius 3 is 3.06 bits per heavy atom. The van der Waals surface area contributed by atoms with Crippen molar-refractivity contribution in [3.05, 3.63) is 17.6 Å². The van der Waals surface area contributed by atoms with Crippen LogP contribution in [0.2, 0.25) is 0 Å². The highest BCUT2D eigenvalue weighted by molar-refractivity contribution is 5.47. The number of rotatable bonds is 4. The molecule has 1 aliphatic rings. The molecule has 2 rings (SSSR count). The molecule has 18 heavy (non-hydrogen) atoms. The van der Waals surface area contributed by atoms with E-state index in [4.69, 9.17) is 9.47 Å². The van der Waals surface area contributed by atoms with Crippen molar-refractivity contribution in [2.24, 2.45) is 0 Å². The van der Waals surface area contributed by atoms with Gasteiger partial charge in [0.05, 0.1) is 12.7 Å². The van der Waals surface area contributed by atoms with E-state index in [1.807, 2.05) is 6.92 Å². The van der Waals surface area contributed by atoms with Gasteiger partial charge in [-0.25, -0.2) is 9.97 Å². The summed E-state index contributed by atoms with van der Waals surface area (Å²) < 4.78 is 10.8. The van der Waals surface area contributed by atoms with Crippen LogP contribution in [0.1, 0.15) is 17.7 Å². The topological polar surface area (TPSA) is 47.5 Å². The Bertz CT molecular complexity index is 398. The molecule has 5 heteroatoms. The maximum atomic E-state index is 5.74. The Balaban J connectivity index is 2.06. The smallest absolute Gasteiger partial charge is 0.135 e. The molecule has 1 atom stereocenters. The zero-order chi connectivity index (χ0) is 13.0. The Hall–Kier alpha value is -1.20. The SMILES string of the molecule is COCCC1CN(c2ncnc(C)c2C)CCO1. The lowest BCUT2D eigenvalue weighted by atomic mass is 10.2. The van der Waals surface area contributed by atoms with E-state index in [0.717, 1.165) is 49.8 Å². The average molecular weight is 251 g/mol. The molecule has 0 N–H and O–H groups in total. The highest BCUT2D eigenvalue weighted by Crippen LogP contribution is 2.21. The summed E-state index contributed by atoms with van der Waals surface area (Å²) in [5.41, 5.74) is 2.20. The van der Waals surface area contributed by atoms with Gasteiger partial charge in [-0.15, -0.1) is 0 Å². The highest BCUT2D eigenvalue weighted by atomic mass is 16.5. The van der Waals surface area contributed by atoms with Crippen LogP contribution >= 0.6 is 0 Å². The molecule has 0 amide bonds. The molecule has 1 aromatic rings. The zero-order valence-electron chi connectivity index (χ0n) is 11.3. The quantitative estimate of drug-likeness (QED) is 0.808. The maximum absolute atomic E-state index is 5.74. The van der Waals surface area contributed by atoms with E-state index in [9.17, 15) is 0 Å². The number of nitrogens with zero attached hydrogens (tertiary/aromatic N) is 3. The van der Waals surface area contributed by atoms with Crippen LogP contribution in [-0.2, 0) is 9.47 Å². The molecule has 5 nitrogen and oxygen atoms in total. The lowest BCUT2D eigenvalue weighted by molar-refractivity contribution is 0.0189. The number of hydrogen-bond acceptors (Lipinski definition) is 5. The number of hydrogen-bond donors (Lipinski definition) is 0. The largest absolute Gasteiger partial charge is 0.385 e. The summed E-state index contributed by atoms with van der Waals surface area (Å²) in [6, 6.07) is 0. The average Bonchev–Trinajstić information content (AvgIpc) is 2.40. The fourth-order valence-corrected chi connectivity index (χ4v) is 2.18. The lowest BCUT2D eigenvalue weighted by Crippen LogP contribution is -2.43. The monoisotopic (exact) mass is 251 g/mol. The molecular weight excluding hydrogens is 230 g/mol. The van der Waals surface area contributed by atoms with E-state index in [0.29, 0.717) is 0 Å². The van der Waals surface area contributed by atoms with Gasteiger partial charge in [-0.3, -0.25) is 0 Å². The van der Waals surface area contributed by atoms with Crippen LogP contribution in [0.5, 0.6) is 0 Å². The summed E-state index contributed by atoms with van der Waals surface area (Å²) in [5, 5.41) is 0. The van der Waals surface area contributed by atoms with Crippen LogP contribution in [0.15, 0.2) is 6.33 Å². The van der Waals surface area contributed by atoms with Crippen LogP contribution < -0.4 is 4.90 Å². The van der Waals surface area contributed by atoms with Crippen LogP contribution in [0.3, 0.4) is 0 Å². The second-order valence-corrected chi connectivity index (χ2v) is 4.63. The van der Waals surface area contributed by atoms with Gasteiger partial charge < -0.3 is 14.4 Å². The molecule has 1 saturated heterocycles. The molecule has 1 unspecified atom stereocenters. The second kappa shape index (κ2) is 6.11. The maximum Gasteiger partial charge on any atom is 0.135 e. The summed E-state index contributed by atoms with van der Waals surface area (Å²) >= 11 is 0. The van der Waals surface area contributed by atoms with Crippen LogP contribution in [-0.4, -0.2) is 49.5 Å². The first kappa shape index (κ1) is 13.2. The fraction of sp³-hybridized carbons (Fsp3) is 0.692. The first-order valence-corrected chi connectivity index (χ1v) is 6.36. The Labute approximate surface area is 108 Å². The minimum absolute atomic E-state index is 0.230. The van der Waals surface area contributed by atoms with E-state index in [-0.39, 0.29) is 6.10 Å². The van der Waals surface area contributed by atoms with Crippen molar-refractivity contribution < 1.29 is 9.47 Å². The van der Waals surface area contributed by atoms with E-state index in [1.165, 1.54) is 0 Å². The van der Waals surface area contributed by atoms with Crippen molar-refractivity contribution in [3.8, 4) is 0 Å². The standard InChI is InChI=1S/C13H21N3O2/c1-10-11(2)14-9-15-13(10)16-5-7-18-12(8-16)4-6-17-3/h9,12H,4-8H2,1-3H3. The highest BCUT2D eigenvalue weighted by Gasteiger charge is 2.22. The van der Waals surface area contributed by atoms with Crippen molar-refractivity contribution >= 4 is 5.82 Å². The van der Waals surface area contributed by atoms with Gasteiger partial charge in [0.1, 0.15) is 12.1 Å². The van der Waals surface area contributed by atoms with Crippen molar-refractivity contribution in [2.75, 3.05) is 38.3 Å². The third-order valence-corrected chi connectivity index (χ3v) is 3.39. The molecule has 0 aromatic carbocycles. The predicted octanol–water partition coefficient (Wildman–Crippen LogP) is 1.34. The Morgan fingerprint density at radius 2 is 2.28 bits per heavy atom. The fourth-order valence-electron chi connectivity index (χ4n) is 2.18. The van der Waals surface area contributed by atoms with Crippen molar-refractivity contribution in [1.82, 2.24) is 9.97 Å². The van der Waals surface area contributed by atoms with Crippen molar-refractivity contribution in [2.45, 2.75) is 26.4 Å². The van der Waals surface area contributed by atoms with E-state index < -0.39 is 0 Å². The molecule has 1 aromatic heterocycles. The zero-order valence-corrected chi connectivity index (χ0v) is 11.3. The van der Waals surface area contributed by atoms with Gasteiger partial charge in [-0.1, -0.05) is 0 Å². The van der Waals surface area contributed by atoms with Gasteiger partial charge in [0.15, 0.2) is 0 Å². The predicted molar refractivity (Wildman–Crippen MR) is 70.0 cm³/mol. The number of methoxy groups -OCH3 is 1. The van der Waals surface area contributed by atoms with Gasteiger partial charge in [-0.05, 0) is 20.3 Å². The first-order chi connectivity index (χ1) is 8.72. The number of ether oxygens (including phenoxy) is 2. The number of aromatic nitrogens is 2. The third kappa shape index (κ3) is 2.97. The molecule has 2 heterocycles. The van der Waals surface area contributed by atoms with Crippen LogP contribution in [0.4, 0.5) is 5.82 Å². The third-order valence-electron chi connectivity index (χ3n) is 3.39. The Morgan fingerprint density at radius 1 is 1.44 bits per heavy atom. The summed E-state index contributed by atoms with van der Waals surface area (Å²) in [6.07, 6.45) is 2.79. The number of anilines is 1. The summed E-state index contributed by atoms with van der Waals surface area (Å²) in [5.74, 6) is 1.04. The first-order valence-electron chi connectivity index (χ1n) is 6.36. The molecule has 100 valence electrons. The normalized spacial score (nSPS) is 20.2. The lowest BCUT2D eigenvalue weighted by Gasteiger charge is -2.34. The summed E-state index contributed by atoms with van der Waals surface area (Å²) in [6.45, 7) is 7.34. The summed E-state index contributed by atoms with van der Waals surface area (Å²) in [7, 11) is 1.72. The van der Waals surface area contributed by atoms with Gasteiger partial charge in [-0.2, -0.15) is 0 Å². The van der Waals surface area contributed by atoms with E-state index in [1.54, 1.807) is 13.4 Å². The van der Waals surface area contributed by atoms with Gasteiger partial charge in [0.2, 0.25) is 0 Å². The van der Waals surface area contributed by atoms with Crippen LogP contribution in [0, 0.1) is 13.8 Å². The minimum Gasteiger partial charge on any atom is -0.385 e. The van der Waals surface area contributed by atoms with Gasteiger partial charge >= 0.3 is 0 Å². The van der Waals surface area contributed by atoms with Gasteiger partial charge in [0, 0.05) is 38.1 Å². The molecule has 0 radical (unpaired) electrons. The molecule has 0 spiro atoms. The number of aryl methyl sites for hydroxylation is 1. The van der Waals surface area contributed by atoms with E-state index >= 15 is 0 Å². The molecule has 0 bridgehead atoms. The summed E-state index contributed by atoms with van der Waals surface area (Å²) in [4.78, 5) is 10.9. The number of morpholine rings is 1. The van der Waals surface area contributed by atoms with Crippen molar-refractivity contribution in [3.63, 3.8) is 0 Å². The molecule has 0 aliphatic carbocycles. The Kier molecular flexibility index (Phi) is 4.49. The molecule has 1 fully saturated rings. The van der Waals surface area contributed by atoms with E-state index in [2.05, 4.69) is 21.8 Å². The molecule has 0 saturated carbocycles. The van der Waals surface area contributed by atoms with Crippen molar-refractivity contribution in [1.29, 1.82) is 0 Å².